The average molecular weight is 467 g/mol. The standard InChI is InChI=1S/C23H26N6O3S/c30-22(25-18-9-5-2-6-10-18)24-15-21-26-27-23(33-16-17-7-3-1-4-8-17)28(21)19-11-13-20(14-12-19)29(31)32/h1,3-4,7-8,11-14,18H,2,5-6,9-10,15-16H2,(H2,24,25,30). The number of hydrogen-bond donors (Lipinski definition) is 2. The number of nitrogens with one attached hydrogen (secondary N) is 2. The third kappa shape index (κ3) is 6.10. The Balaban J connectivity index is 1.50. The minimum absolute atomic E-state index is 0.0110. The molecule has 0 unspecified atom stereocenters. The molecule has 2 amide bonds. The summed E-state index contributed by atoms with van der Waals surface area (Å²) in [6.45, 7) is 0.189. The second kappa shape index (κ2) is 11.0. The van der Waals surface area contributed by atoms with Gasteiger partial charge in [0.05, 0.1) is 11.5 Å². The molecule has 1 fully saturated rings. The van der Waals surface area contributed by atoms with E-state index in [-0.39, 0.29) is 24.3 Å². The van der Waals surface area contributed by atoms with Crippen LogP contribution in [0.1, 0.15) is 43.5 Å². The van der Waals surface area contributed by atoms with Gasteiger partial charge in [0, 0.05) is 29.6 Å². The Labute approximate surface area is 196 Å². The maximum Gasteiger partial charge on any atom is 0.315 e. The Morgan fingerprint density at radius 3 is 2.48 bits per heavy atom. The number of benzene rings is 2. The smallest absolute Gasteiger partial charge is 0.315 e. The topological polar surface area (TPSA) is 115 Å². The zero-order chi connectivity index (χ0) is 23.0. The first-order valence-corrected chi connectivity index (χ1v) is 12.0. The molecule has 1 aliphatic rings. The summed E-state index contributed by atoms with van der Waals surface area (Å²) < 4.78 is 1.83. The van der Waals surface area contributed by atoms with Crippen LogP contribution in [0.25, 0.3) is 5.69 Å². The summed E-state index contributed by atoms with van der Waals surface area (Å²) in [6, 6.07) is 16.2. The highest BCUT2D eigenvalue weighted by Crippen LogP contribution is 2.26. The number of rotatable bonds is 8. The molecule has 33 heavy (non-hydrogen) atoms. The molecular weight excluding hydrogens is 440 g/mol. The minimum Gasteiger partial charge on any atom is -0.335 e. The minimum atomic E-state index is -0.431. The van der Waals surface area contributed by atoms with Gasteiger partial charge < -0.3 is 10.6 Å². The molecule has 172 valence electrons. The van der Waals surface area contributed by atoms with Crippen molar-refractivity contribution in [3.8, 4) is 5.69 Å². The lowest BCUT2D eigenvalue weighted by Gasteiger charge is -2.22. The van der Waals surface area contributed by atoms with Crippen LogP contribution < -0.4 is 10.6 Å². The Kier molecular flexibility index (Phi) is 7.56. The zero-order valence-electron chi connectivity index (χ0n) is 18.1. The fourth-order valence-electron chi connectivity index (χ4n) is 3.86. The molecule has 0 bridgehead atoms. The van der Waals surface area contributed by atoms with E-state index >= 15 is 0 Å². The SMILES string of the molecule is O=C(NCc1nnc(SCc2ccccc2)n1-c1ccc([N+](=O)[O-])cc1)NC1CCCCC1. The van der Waals surface area contributed by atoms with Gasteiger partial charge in [-0.3, -0.25) is 14.7 Å². The van der Waals surface area contributed by atoms with Crippen molar-refractivity contribution >= 4 is 23.5 Å². The molecule has 1 aliphatic carbocycles. The fourth-order valence-corrected chi connectivity index (χ4v) is 4.78. The van der Waals surface area contributed by atoms with E-state index in [9.17, 15) is 14.9 Å². The molecule has 1 saturated carbocycles. The highest BCUT2D eigenvalue weighted by atomic mass is 32.2. The van der Waals surface area contributed by atoms with Crippen molar-refractivity contribution in [1.82, 2.24) is 25.4 Å². The summed E-state index contributed by atoms with van der Waals surface area (Å²) in [5.41, 5.74) is 1.86. The van der Waals surface area contributed by atoms with E-state index in [1.165, 1.54) is 30.3 Å². The Hall–Kier alpha value is -3.40. The van der Waals surface area contributed by atoms with Crippen LogP contribution in [0.3, 0.4) is 0 Å². The predicted molar refractivity (Wildman–Crippen MR) is 126 cm³/mol. The molecule has 2 N–H and O–H groups in total. The number of aromatic nitrogens is 3. The average Bonchev–Trinajstić information content (AvgIpc) is 3.25. The first kappa shape index (κ1) is 22.8. The van der Waals surface area contributed by atoms with E-state index in [2.05, 4.69) is 20.8 Å². The molecule has 4 rings (SSSR count). The molecule has 2 aromatic carbocycles. The summed E-state index contributed by atoms with van der Waals surface area (Å²) in [6.07, 6.45) is 5.52. The largest absolute Gasteiger partial charge is 0.335 e. The molecule has 0 atom stereocenters. The maximum absolute atomic E-state index is 12.4. The molecule has 1 heterocycles. The quantitative estimate of drug-likeness (QED) is 0.285. The maximum atomic E-state index is 12.4. The Morgan fingerprint density at radius 1 is 1.06 bits per heavy atom. The number of non-ortho nitro benzene ring substituents is 1. The number of thioether (sulfide) groups is 1. The zero-order valence-corrected chi connectivity index (χ0v) is 19.0. The molecular formula is C23H26N6O3S. The lowest BCUT2D eigenvalue weighted by Crippen LogP contribution is -2.42. The van der Waals surface area contributed by atoms with Gasteiger partial charge in [-0.1, -0.05) is 61.4 Å². The number of amides is 2. The van der Waals surface area contributed by atoms with Crippen LogP contribution in [0.5, 0.6) is 0 Å². The van der Waals surface area contributed by atoms with Gasteiger partial charge in [0.1, 0.15) is 0 Å². The van der Waals surface area contributed by atoms with Crippen LogP contribution in [0, 0.1) is 10.1 Å². The van der Waals surface area contributed by atoms with Crippen LogP contribution >= 0.6 is 11.8 Å². The van der Waals surface area contributed by atoms with Gasteiger partial charge in [-0.25, -0.2) is 4.79 Å². The van der Waals surface area contributed by atoms with Gasteiger partial charge in [0.2, 0.25) is 0 Å². The van der Waals surface area contributed by atoms with Crippen molar-refractivity contribution in [3.63, 3.8) is 0 Å². The molecule has 0 spiro atoms. The van der Waals surface area contributed by atoms with E-state index < -0.39 is 4.92 Å². The number of nitro benzene ring substituents is 1. The summed E-state index contributed by atoms with van der Waals surface area (Å²) in [4.78, 5) is 23.0. The predicted octanol–water partition coefficient (Wildman–Crippen LogP) is 4.60. The molecule has 9 nitrogen and oxygen atoms in total. The lowest BCUT2D eigenvalue weighted by molar-refractivity contribution is -0.384. The van der Waals surface area contributed by atoms with Crippen LogP contribution in [-0.2, 0) is 12.3 Å². The van der Waals surface area contributed by atoms with E-state index in [4.69, 9.17) is 0 Å². The number of nitrogens with zero attached hydrogens (tertiary/aromatic N) is 4. The van der Waals surface area contributed by atoms with Gasteiger partial charge in [-0.2, -0.15) is 0 Å². The fraction of sp³-hybridized carbons (Fsp3) is 0.348. The second-order valence-electron chi connectivity index (χ2n) is 7.94. The molecule has 0 radical (unpaired) electrons. The van der Waals surface area contributed by atoms with Crippen LogP contribution in [0.15, 0.2) is 59.8 Å². The number of carbonyl (C=O) groups is 1. The van der Waals surface area contributed by atoms with Crippen molar-refractivity contribution in [1.29, 1.82) is 0 Å². The number of nitro groups is 1. The normalized spacial score (nSPS) is 14.1. The van der Waals surface area contributed by atoms with Crippen molar-refractivity contribution in [2.24, 2.45) is 0 Å². The lowest BCUT2D eigenvalue weighted by atomic mass is 9.96. The van der Waals surface area contributed by atoms with E-state index in [0.717, 1.165) is 31.2 Å². The van der Waals surface area contributed by atoms with E-state index in [0.29, 0.717) is 22.4 Å². The van der Waals surface area contributed by atoms with Gasteiger partial charge >= 0.3 is 6.03 Å². The van der Waals surface area contributed by atoms with Crippen LogP contribution in [-0.4, -0.2) is 31.8 Å². The van der Waals surface area contributed by atoms with E-state index in [1.54, 1.807) is 12.1 Å². The number of urea groups is 1. The summed E-state index contributed by atoms with van der Waals surface area (Å²) in [7, 11) is 0. The van der Waals surface area contributed by atoms with E-state index in [1.807, 2.05) is 34.9 Å². The van der Waals surface area contributed by atoms with Crippen molar-refractivity contribution in [3.05, 3.63) is 76.1 Å². The van der Waals surface area contributed by atoms with Crippen molar-refractivity contribution < 1.29 is 9.72 Å². The number of hydrogen-bond acceptors (Lipinski definition) is 6. The summed E-state index contributed by atoms with van der Waals surface area (Å²) in [5.74, 6) is 1.25. The first-order valence-electron chi connectivity index (χ1n) is 11.0. The van der Waals surface area contributed by atoms with Gasteiger partial charge in [-0.15, -0.1) is 10.2 Å². The molecule has 1 aromatic heterocycles. The van der Waals surface area contributed by atoms with Crippen molar-refractivity contribution in [2.45, 2.75) is 55.6 Å². The molecule has 3 aromatic rings. The third-order valence-electron chi connectivity index (χ3n) is 5.58. The van der Waals surface area contributed by atoms with Gasteiger partial charge in [-0.05, 0) is 30.5 Å². The summed E-state index contributed by atoms with van der Waals surface area (Å²) >= 11 is 1.52. The van der Waals surface area contributed by atoms with Crippen LogP contribution in [0.2, 0.25) is 0 Å². The summed E-state index contributed by atoms with van der Waals surface area (Å²) in [5, 5.41) is 26.2. The second-order valence-corrected chi connectivity index (χ2v) is 8.89. The van der Waals surface area contributed by atoms with Gasteiger partial charge in [0.15, 0.2) is 11.0 Å². The number of carbonyl (C=O) groups excluding carboxylic acids is 1. The Bertz CT molecular complexity index is 1080. The highest BCUT2D eigenvalue weighted by molar-refractivity contribution is 7.98. The molecule has 0 saturated heterocycles. The first-order chi connectivity index (χ1) is 16.1. The Morgan fingerprint density at radius 2 is 1.79 bits per heavy atom. The molecule has 10 heteroatoms. The van der Waals surface area contributed by atoms with Gasteiger partial charge in [0.25, 0.3) is 5.69 Å². The highest BCUT2D eigenvalue weighted by Gasteiger charge is 2.19. The third-order valence-corrected chi connectivity index (χ3v) is 6.58. The monoisotopic (exact) mass is 466 g/mol. The molecule has 0 aliphatic heterocycles. The van der Waals surface area contributed by atoms with Crippen LogP contribution in [0.4, 0.5) is 10.5 Å². The van der Waals surface area contributed by atoms with Crippen molar-refractivity contribution in [2.75, 3.05) is 0 Å².